The van der Waals surface area contributed by atoms with E-state index < -0.39 is 41.6 Å². The summed E-state index contributed by atoms with van der Waals surface area (Å²) in [6.45, 7) is 1.12. The molecule has 4 amide bonds. The van der Waals surface area contributed by atoms with Crippen LogP contribution in [0.1, 0.15) is 19.8 Å². The van der Waals surface area contributed by atoms with Gasteiger partial charge in [-0.2, -0.15) is 0 Å². The van der Waals surface area contributed by atoms with E-state index in [2.05, 4.69) is 10.6 Å². The van der Waals surface area contributed by atoms with Crippen molar-refractivity contribution in [3.05, 3.63) is 29.8 Å². The van der Waals surface area contributed by atoms with Gasteiger partial charge in [-0.25, -0.2) is 13.6 Å². The van der Waals surface area contributed by atoms with Crippen molar-refractivity contribution in [1.29, 1.82) is 0 Å². The quantitative estimate of drug-likeness (QED) is 0.827. The van der Waals surface area contributed by atoms with Crippen molar-refractivity contribution in [2.75, 3.05) is 11.9 Å². The number of anilines is 1. The SMILES string of the molecule is C[C@@]1(C2CC2)NC(=O)N(CC(=O)Nc2ccc(F)cc2F)C1=O. The molecule has 1 aromatic rings. The van der Waals surface area contributed by atoms with Crippen LogP contribution in [0.5, 0.6) is 0 Å². The van der Waals surface area contributed by atoms with Crippen molar-refractivity contribution in [2.45, 2.75) is 25.3 Å². The molecule has 1 saturated carbocycles. The van der Waals surface area contributed by atoms with Gasteiger partial charge in [0.1, 0.15) is 23.7 Å². The number of amides is 4. The lowest BCUT2D eigenvalue weighted by Crippen LogP contribution is -2.46. The van der Waals surface area contributed by atoms with Gasteiger partial charge in [-0.3, -0.25) is 14.5 Å². The largest absolute Gasteiger partial charge is 0.325 e. The number of carbonyl (C=O) groups excluding carboxylic acids is 3. The van der Waals surface area contributed by atoms with Crippen LogP contribution in [0.4, 0.5) is 19.3 Å². The second-order valence-electron chi connectivity index (χ2n) is 5.97. The molecule has 1 atom stereocenters. The third kappa shape index (κ3) is 2.76. The van der Waals surface area contributed by atoms with E-state index in [4.69, 9.17) is 0 Å². The average molecular weight is 323 g/mol. The minimum Gasteiger partial charge on any atom is -0.323 e. The lowest BCUT2D eigenvalue weighted by molar-refractivity contribution is -0.134. The molecule has 2 fully saturated rings. The molecular formula is C15H15F2N3O3. The second-order valence-corrected chi connectivity index (χ2v) is 5.97. The van der Waals surface area contributed by atoms with Crippen molar-refractivity contribution < 1.29 is 23.2 Å². The Bertz CT molecular complexity index is 705. The topological polar surface area (TPSA) is 78.5 Å². The minimum absolute atomic E-state index is 0.0848. The van der Waals surface area contributed by atoms with Crippen molar-refractivity contribution in [3.8, 4) is 0 Å². The van der Waals surface area contributed by atoms with Crippen molar-refractivity contribution in [2.24, 2.45) is 5.92 Å². The number of imide groups is 1. The standard InChI is InChI=1S/C15H15F2N3O3/c1-15(8-2-3-8)13(22)20(14(23)19-15)7-12(21)18-11-5-4-9(16)6-10(11)17/h4-6,8H,2-3,7H2,1H3,(H,18,21)(H,19,23)/t15-/m0/s1. The maximum Gasteiger partial charge on any atom is 0.325 e. The smallest absolute Gasteiger partial charge is 0.323 e. The summed E-state index contributed by atoms with van der Waals surface area (Å²) in [5.74, 6) is -2.81. The van der Waals surface area contributed by atoms with Crippen molar-refractivity contribution >= 4 is 23.5 Å². The number of hydrogen-bond donors (Lipinski definition) is 2. The summed E-state index contributed by atoms with van der Waals surface area (Å²) in [5.41, 5.74) is -1.19. The van der Waals surface area contributed by atoms with Crippen LogP contribution in [0.2, 0.25) is 0 Å². The van der Waals surface area contributed by atoms with Crippen LogP contribution in [-0.4, -0.2) is 34.8 Å². The molecule has 6 nitrogen and oxygen atoms in total. The summed E-state index contributed by atoms with van der Waals surface area (Å²) in [6, 6.07) is 2.06. The van der Waals surface area contributed by atoms with E-state index in [1.807, 2.05) is 0 Å². The van der Waals surface area contributed by atoms with E-state index in [-0.39, 0.29) is 11.6 Å². The van der Waals surface area contributed by atoms with Crippen LogP contribution in [0.25, 0.3) is 0 Å². The number of hydrogen-bond acceptors (Lipinski definition) is 3. The molecule has 2 N–H and O–H groups in total. The van der Waals surface area contributed by atoms with E-state index >= 15 is 0 Å². The van der Waals surface area contributed by atoms with Gasteiger partial charge >= 0.3 is 6.03 Å². The number of urea groups is 1. The van der Waals surface area contributed by atoms with Crippen molar-refractivity contribution in [1.82, 2.24) is 10.2 Å². The minimum atomic E-state index is -0.974. The fraction of sp³-hybridized carbons (Fsp3) is 0.400. The normalized spacial score (nSPS) is 23.9. The maximum absolute atomic E-state index is 13.5. The zero-order valence-electron chi connectivity index (χ0n) is 12.4. The monoisotopic (exact) mass is 323 g/mol. The van der Waals surface area contributed by atoms with Crippen LogP contribution in [0, 0.1) is 17.6 Å². The molecule has 1 aromatic carbocycles. The molecule has 0 unspecified atom stereocenters. The highest BCUT2D eigenvalue weighted by atomic mass is 19.1. The Morgan fingerprint density at radius 1 is 1.39 bits per heavy atom. The Morgan fingerprint density at radius 2 is 2.09 bits per heavy atom. The predicted octanol–water partition coefficient (Wildman–Crippen LogP) is 1.62. The van der Waals surface area contributed by atoms with E-state index in [1.165, 1.54) is 0 Å². The first kappa shape index (κ1) is 15.4. The molecule has 0 bridgehead atoms. The Morgan fingerprint density at radius 3 is 2.70 bits per heavy atom. The van der Waals surface area contributed by atoms with Gasteiger partial charge in [0.25, 0.3) is 5.91 Å². The molecule has 23 heavy (non-hydrogen) atoms. The van der Waals surface area contributed by atoms with Gasteiger partial charge in [-0.05, 0) is 37.8 Å². The van der Waals surface area contributed by atoms with Crippen LogP contribution in [0.3, 0.4) is 0 Å². The highest BCUT2D eigenvalue weighted by Crippen LogP contribution is 2.42. The highest BCUT2D eigenvalue weighted by molar-refractivity contribution is 6.10. The fourth-order valence-electron chi connectivity index (χ4n) is 2.72. The van der Waals surface area contributed by atoms with Gasteiger partial charge in [0.2, 0.25) is 5.91 Å². The highest BCUT2D eigenvalue weighted by Gasteiger charge is 2.56. The number of rotatable bonds is 4. The average Bonchev–Trinajstić information content (AvgIpc) is 3.28. The summed E-state index contributed by atoms with van der Waals surface area (Å²) in [6.07, 6.45) is 1.70. The second kappa shape index (κ2) is 5.29. The fourth-order valence-corrected chi connectivity index (χ4v) is 2.72. The third-order valence-corrected chi connectivity index (χ3v) is 4.20. The zero-order chi connectivity index (χ0) is 16.8. The lowest BCUT2D eigenvalue weighted by atomic mass is 9.96. The number of nitrogens with zero attached hydrogens (tertiary/aromatic N) is 1. The molecule has 1 heterocycles. The molecule has 3 rings (SSSR count). The Balaban J connectivity index is 1.68. The first-order chi connectivity index (χ1) is 10.8. The molecule has 8 heteroatoms. The zero-order valence-corrected chi connectivity index (χ0v) is 12.4. The van der Waals surface area contributed by atoms with Gasteiger partial charge in [0.05, 0.1) is 5.69 Å². The van der Waals surface area contributed by atoms with Crippen LogP contribution >= 0.6 is 0 Å². The molecule has 122 valence electrons. The summed E-state index contributed by atoms with van der Waals surface area (Å²) < 4.78 is 26.3. The number of carbonyl (C=O) groups is 3. The predicted molar refractivity (Wildman–Crippen MR) is 76.4 cm³/mol. The third-order valence-electron chi connectivity index (χ3n) is 4.20. The Labute approximate surface area is 130 Å². The maximum atomic E-state index is 13.5. The van der Waals surface area contributed by atoms with Gasteiger partial charge < -0.3 is 10.6 Å². The first-order valence-electron chi connectivity index (χ1n) is 7.20. The first-order valence-corrected chi connectivity index (χ1v) is 7.20. The molecule has 0 aromatic heterocycles. The molecule has 1 aliphatic heterocycles. The van der Waals surface area contributed by atoms with Gasteiger partial charge in [-0.1, -0.05) is 0 Å². The van der Waals surface area contributed by atoms with E-state index in [1.54, 1.807) is 6.92 Å². The van der Waals surface area contributed by atoms with Crippen LogP contribution in [0.15, 0.2) is 18.2 Å². The van der Waals surface area contributed by atoms with E-state index in [9.17, 15) is 23.2 Å². The Kier molecular flexibility index (Phi) is 3.54. The summed E-state index contributed by atoms with van der Waals surface area (Å²) in [5, 5.41) is 4.84. The van der Waals surface area contributed by atoms with Crippen LogP contribution < -0.4 is 10.6 Å². The number of benzene rings is 1. The van der Waals surface area contributed by atoms with Gasteiger partial charge in [0, 0.05) is 6.07 Å². The molecule has 2 aliphatic rings. The van der Waals surface area contributed by atoms with Gasteiger partial charge in [0.15, 0.2) is 0 Å². The summed E-state index contributed by atoms with van der Waals surface area (Å²) in [7, 11) is 0. The lowest BCUT2D eigenvalue weighted by Gasteiger charge is -2.20. The molecule has 0 spiro atoms. The molecule has 1 saturated heterocycles. The summed E-state index contributed by atoms with van der Waals surface area (Å²) in [4.78, 5) is 37.0. The Hall–Kier alpha value is -2.51. The molecule has 0 radical (unpaired) electrons. The molecular weight excluding hydrogens is 308 g/mol. The summed E-state index contributed by atoms with van der Waals surface area (Å²) >= 11 is 0. The van der Waals surface area contributed by atoms with Crippen LogP contribution in [-0.2, 0) is 9.59 Å². The number of halogens is 2. The van der Waals surface area contributed by atoms with E-state index in [0.29, 0.717) is 6.07 Å². The van der Waals surface area contributed by atoms with Gasteiger partial charge in [-0.15, -0.1) is 0 Å². The molecule has 1 aliphatic carbocycles. The number of nitrogens with one attached hydrogen (secondary N) is 2. The van der Waals surface area contributed by atoms with E-state index in [0.717, 1.165) is 29.9 Å². The van der Waals surface area contributed by atoms with Crippen molar-refractivity contribution in [3.63, 3.8) is 0 Å².